The zero-order valence-electron chi connectivity index (χ0n) is 9.38. The van der Waals surface area contributed by atoms with Crippen molar-refractivity contribution in [1.29, 1.82) is 0 Å². The number of nitrogens with two attached hydrogens (primary N) is 1. The van der Waals surface area contributed by atoms with Crippen LogP contribution >= 0.6 is 0 Å². The van der Waals surface area contributed by atoms with Gasteiger partial charge in [0.15, 0.2) is 0 Å². The van der Waals surface area contributed by atoms with Crippen molar-refractivity contribution < 1.29 is 0 Å². The number of aromatic nitrogens is 4. The van der Waals surface area contributed by atoms with E-state index in [-0.39, 0.29) is 0 Å². The summed E-state index contributed by atoms with van der Waals surface area (Å²) in [6, 6.07) is 3.79. The average molecular weight is 235 g/mol. The second-order valence-electron chi connectivity index (χ2n) is 4.18. The van der Waals surface area contributed by atoms with Crippen LogP contribution in [0.5, 0.6) is 0 Å². The van der Waals surface area contributed by atoms with Crippen LogP contribution in [0.1, 0.15) is 0 Å². The average Bonchev–Trinajstić information content (AvgIpc) is 2.77. The Labute approximate surface area is 102 Å². The number of fused-ring (bicyclic) bond motifs is 5. The molecule has 4 heterocycles. The van der Waals surface area contributed by atoms with Crippen LogP contribution in [0.25, 0.3) is 32.7 Å². The number of nitrogen functional groups attached to an aromatic ring is 1. The summed E-state index contributed by atoms with van der Waals surface area (Å²) in [5.41, 5.74) is 8.79. The maximum atomic E-state index is 5.96. The SMILES string of the molecule is Nc1nccc2ncc3c4cnccc4[nH]c3c12. The first-order valence-corrected chi connectivity index (χ1v) is 5.59. The smallest absolute Gasteiger partial charge is 0.134 e. The maximum Gasteiger partial charge on any atom is 0.134 e. The van der Waals surface area contributed by atoms with Gasteiger partial charge in [-0.25, -0.2) is 4.98 Å². The van der Waals surface area contributed by atoms with E-state index in [0.29, 0.717) is 5.82 Å². The van der Waals surface area contributed by atoms with Gasteiger partial charge in [-0.1, -0.05) is 0 Å². The molecule has 0 saturated carbocycles. The third-order valence-electron chi connectivity index (χ3n) is 3.18. The van der Waals surface area contributed by atoms with E-state index in [1.54, 1.807) is 12.4 Å². The lowest BCUT2D eigenvalue weighted by atomic mass is 10.1. The molecule has 5 heteroatoms. The summed E-state index contributed by atoms with van der Waals surface area (Å²) in [7, 11) is 0. The molecule has 18 heavy (non-hydrogen) atoms. The van der Waals surface area contributed by atoms with Crippen LogP contribution < -0.4 is 5.73 Å². The topological polar surface area (TPSA) is 80.5 Å². The number of H-pyrrole nitrogens is 1. The van der Waals surface area contributed by atoms with E-state index in [1.807, 2.05) is 24.5 Å². The Morgan fingerprint density at radius 1 is 1.00 bits per heavy atom. The molecule has 3 N–H and O–H groups in total. The van der Waals surface area contributed by atoms with Crippen molar-refractivity contribution >= 4 is 38.5 Å². The van der Waals surface area contributed by atoms with Crippen LogP contribution in [0, 0.1) is 0 Å². The van der Waals surface area contributed by atoms with Crippen LogP contribution in [0.3, 0.4) is 0 Å². The number of nitrogens with zero attached hydrogens (tertiary/aromatic N) is 3. The molecule has 0 bridgehead atoms. The number of pyridine rings is 3. The number of rotatable bonds is 0. The number of aromatic amines is 1. The fourth-order valence-corrected chi connectivity index (χ4v) is 2.35. The Kier molecular flexibility index (Phi) is 1.64. The third kappa shape index (κ3) is 1.08. The first-order chi connectivity index (χ1) is 8.84. The fourth-order valence-electron chi connectivity index (χ4n) is 2.35. The van der Waals surface area contributed by atoms with Gasteiger partial charge in [0, 0.05) is 41.1 Å². The van der Waals surface area contributed by atoms with Crippen molar-refractivity contribution in [2.45, 2.75) is 0 Å². The molecule has 86 valence electrons. The Balaban J connectivity index is 2.35. The fraction of sp³-hybridized carbons (Fsp3) is 0. The van der Waals surface area contributed by atoms with Crippen LogP contribution in [-0.4, -0.2) is 19.9 Å². The molecule has 0 aliphatic carbocycles. The molecule has 4 aromatic rings. The number of hydrogen-bond donors (Lipinski definition) is 2. The number of hydrogen-bond acceptors (Lipinski definition) is 4. The van der Waals surface area contributed by atoms with E-state index in [4.69, 9.17) is 5.73 Å². The summed E-state index contributed by atoms with van der Waals surface area (Å²) in [5, 5.41) is 2.93. The molecular weight excluding hydrogens is 226 g/mol. The molecule has 0 fully saturated rings. The highest BCUT2D eigenvalue weighted by atomic mass is 14.9. The molecule has 0 radical (unpaired) electrons. The van der Waals surface area contributed by atoms with E-state index in [1.165, 1.54) is 0 Å². The standard InChI is InChI=1S/C13H9N5/c14-13-11-10(2-4-16-13)17-6-8-7-5-15-3-1-9(7)18-12(8)11/h1-6,18H,(H2,14,16). The van der Waals surface area contributed by atoms with Gasteiger partial charge >= 0.3 is 0 Å². The lowest BCUT2D eigenvalue weighted by Crippen LogP contribution is -1.92. The summed E-state index contributed by atoms with van der Waals surface area (Å²) in [4.78, 5) is 16.1. The molecule has 0 saturated heterocycles. The molecule has 0 unspecified atom stereocenters. The number of anilines is 1. The predicted molar refractivity (Wildman–Crippen MR) is 71.1 cm³/mol. The van der Waals surface area contributed by atoms with Crippen molar-refractivity contribution in [2.75, 3.05) is 5.73 Å². The maximum absolute atomic E-state index is 5.96. The molecule has 0 aromatic carbocycles. The summed E-state index contributed by atoms with van der Waals surface area (Å²) in [5.74, 6) is 0.491. The third-order valence-corrected chi connectivity index (χ3v) is 3.18. The summed E-state index contributed by atoms with van der Waals surface area (Å²) >= 11 is 0. The van der Waals surface area contributed by atoms with Crippen molar-refractivity contribution in [2.24, 2.45) is 0 Å². The molecule has 4 aromatic heterocycles. The van der Waals surface area contributed by atoms with Crippen LogP contribution in [-0.2, 0) is 0 Å². The minimum atomic E-state index is 0.491. The summed E-state index contributed by atoms with van der Waals surface area (Å²) in [6.07, 6.45) is 7.10. The Hall–Kier alpha value is -2.69. The second kappa shape index (κ2) is 3.16. The van der Waals surface area contributed by atoms with Crippen LogP contribution in [0.2, 0.25) is 0 Å². The first-order valence-electron chi connectivity index (χ1n) is 5.59. The highest BCUT2D eigenvalue weighted by Gasteiger charge is 2.10. The molecule has 4 rings (SSSR count). The van der Waals surface area contributed by atoms with E-state index in [9.17, 15) is 0 Å². The Morgan fingerprint density at radius 3 is 2.89 bits per heavy atom. The summed E-state index contributed by atoms with van der Waals surface area (Å²) in [6.45, 7) is 0. The highest BCUT2D eigenvalue weighted by Crippen LogP contribution is 2.31. The van der Waals surface area contributed by atoms with Gasteiger partial charge in [-0.3, -0.25) is 9.97 Å². The molecule has 0 spiro atoms. The molecule has 0 aliphatic rings. The lowest BCUT2D eigenvalue weighted by molar-refractivity contribution is 1.34. The van der Waals surface area contributed by atoms with Crippen LogP contribution in [0.15, 0.2) is 36.9 Å². The monoisotopic (exact) mass is 235 g/mol. The first kappa shape index (κ1) is 9.35. The van der Waals surface area contributed by atoms with E-state index in [0.717, 1.165) is 32.7 Å². The van der Waals surface area contributed by atoms with Crippen molar-refractivity contribution in [3.63, 3.8) is 0 Å². The lowest BCUT2D eigenvalue weighted by Gasteiger charge is -2.01. The zero-order valence-corrected chi connectivity index (χ0v) is 9.38. The zero-order chi connectivity index (χ0) is 12.1. The van der Waals surface area contributed by atoms with Crippen molar-refractivity contribution in [1.82, 2.24) is 19.9 Å². The number of nitrogens with one attached hydrogen (secondary N) is 1. The highest BCUT2D eigenvalue weighted by molar-refractivity contribution is 6.17. The van der Waals surface area contributed by atoms with Crippen molar-refractivity contribution in [3.8, 4) is 0 Å². The molecule has 5 nitrogen and oxygen atoms in total. The molecular formula is C13H9N5. The van der Waals surface area contributed by atoms with Crippen LogP contribution in [0.4, 0.5) is 5.82 Å². The van der Waals surface area contributed by atoms with E-state index in [2.05, 4.69) is 19.9 Å². The van der Waals surface area contributed by atoms with Gasteiger partial charge in [0.1, 0.15) is 5.82 Å². The van der Waals surface area contributed by atoms with E-state index >= 15 is 0 Å². The van der Waals surface area contributed by atoms with Gasteiger partial charge in [0.2, 0.25) is 0 Å². The van der Waals surface area contributed by atoms with Gasteiger partial charge in [0.05, 0.1) is 16.4 Å². The van der Waals surface area contributed by atoms with Gasteiger partial charge in [0.25, 0.3) is 0 Å². The largest absolute Gasteiger partial charge is 0.383 e. The minimum Gasteiger partial charge on any atom is -0.383 e. The molecule has 0 amide bonds. The quantitative estimate of drug-likeness (QED) is 0.489. The van der Waals surface area contributed by atoms with E-state index < -0.39 is 0 Å². The van der Waals surface area contributed by atoms with Crippen molar-refractivity contribution in [3.05, 3.63) is 36.9 Å². The molecule has 0 atom stereocenters. The summed E-state index contributed by atoms with van der Waals surface area (Å²) < 4.78 is 0. The second-order valence-corrected chi connectivity index (χ2v) is 4.18. The predicted octanol–water partition coefficient (Wildman–Crippen LogP) is 2.24. The van der Waals surface area contributed by atoms with Gasteiger partial charge in [-0.05, 0) is 12.1 Å². The normalized spacial score (nSPS) is 11.6. The van der Waals surface area contributed by atoms with Gasteiger partial charge < -0.3 is 10.7 Å². The Morgan fingerprint density at radius 2 is 1.94 bits per heavy atom. The minimum absolute atomic E-state index is 0.491. The Bertz CT molecular complexity index is 894. The molecule has 0 aliphatic heterocycles. The van der Waals surface area contributed by atoms with Gasteiger partial charge in [-0.2, -0.15) is 0 Å². The van der Waals surface area contributed by atoms with Gasteiger partial charge in [-0.15, -0.1) is 0 Å².